The summed E-state index contributed by atoms with van der Waals surface area (Å²) in [7, 11) is 1.52. The van der Waals surface area contributed by atoms with E-state index in [9.17, 15) is 14.4 Å². The van der Waals surface area contributed by atoms with Crippen molar-refractivity contribution >= 4 is 23.5 Å². The Balaban J connectivity index is 2.73. The van der Waals surface area contributed by atoms with Crippen molar-refractivity contribution in [3.8, 4) is 0 Å². The number of benzene rings is 1. The third kappa shape index (κ3) is 4.79. The standard InChI is InChI=1S/C13H16N2O4/c1-9(16)15(2)8-12(17)14-11-6-4-3-5-10(11)7-13(18)19/h3-6H,7-8H2,1-2H3,(H,14,17)(H,18,19). The van der Waals surface area contributed by atoms with Crippen LogP contribution in [-0.4, -0.2) is 41.4 Å². The zero-order chi connectivity index (χ0) is 14.4. The Morgan fingerprint density at radius 3 is 2.47 bits per heavy atom. The number of carboxylic acid groups (broad SMARTS) is 1. The molecule has 0 saturated heterocycles. The number of nitrogens with one attached hydrogen (secondary N) is 1. The average molecular weight is 264 g/mol. The number of hydrogen-bond donors (Lipinski definition) is 2. The second-order valence-corrected chi connectivity index (χ2v) is 4.15. The van der Waals surface area contributed by atoms with Crippen molar-refractivity contribution in [1.29, 1.82) is 0 Å². The fourth-order valence-corrected chi connectivity index (χ4v) is 1.48. The van der Waals surface area contributed by atoms with Gasteiger partial charge in [-0.15, -0.1) is 0 Å². The minimum atomic E-state index is -0.970. The van der Waals surface area contributed by atoms with Crippen molar-refractivity contribution in [3.63, 3.8) is 0 Å². The van der Waals surface area contributed by atoms with Gasteiger partial charge in [0.15, 0.2) is 0 Å². The molecule has 1 aromatic rings. The highest BCUT2D eigenvalue weighted by atomic mass is 16.4. The molecule has 0 aliphatic heterocycles. The fourth-order valence-electron chi connectivity index (χ4n) is 1.48. The van der Waals surface area contributed by atoms with E-state index < -0.39 is 5.97 Å². The van der Waals surface area contributed by atoms with Crippen LogP contribution in [0.4, 0.5) is 5.69 Å². The molecule has 0 aliphatic rings. The van der Waals surface area contributed by atoms with Crippen LogP contribution in [0.3, 0.4) is 0 Å². The van der Waals surface area contributed by atoms with Crippen LogP contribution in [0.1, 0.15) is 12.5 Å². The van der Waals surface area contributed by atoms with E-state index in [1.54, 1.807) is 24.3 Å². The molecule has 1 aromatic carbocycles. The van der Waals surface area contributed by atoms with Gasteiger partial charge in [-0.1, -0.05) is 18.2 Å². The third-order valence-electron chi connectivity index (χ3n) is 2.55. The van der Waals surface area contributed by atoms with Crippen LogP contribution < -0.4 is 5.32 Å². The lowest BCUT2D eigenvalue weighted by Gasteiger charge is -2.15. The minimum Gasteiger partial charge on any atom is -0.481 e. The number of hydrogen-bond acceptors (Lipinski definition) is 3. The number of carbonyl (C=O) groups excluding carboxylic acids is 2. The van der Waals surface area contributed by atoms with Gasteiger partial charge in [0.2, 0.25) is 11.8 Å². The first kappa shape index (κ1) is 14.7. The average Bonchev–Trinajstić information content (AvgIpc) is 2.30. The number of aliphatic carboxylic acids is 1. The number of carboxylic acids is 1. The van der Waals surface area contributed by atoms with Crippen LogP contribution >= 0.6 is 0 Å². The van der Waals surface area contributed by atoms with Gasteiger partial charge in [0, 0.05) is 19.7 Å². The van der Waals surface area contributed by atoms with Gasteiger partial charge in [-0.3, -0.25) is 14.4 Å². The molecule has 0 aromatic heterocycles. The van der Waals surface area contributed by atoms with Crippen LogP contribution in [0.25, 0.3) is 0 Å². The Kier molecular flexibility index (Phi) is 5.05. The molecule has 0 saturated carbocycles. The lowest BCUT2D eigenvalue weighted by molar-refractivity contribution is -0.136. The fraction of sp³-hybridized carbons (Fsp3) is 0.308. The SMILES string of the molecule is CC(=O)N(C)CC(=O)Nc1ccccc1CC(=O)O. The molecule has 0 unspecified atom stereocenters. The van der Waals surface area contributed by atoms with Gasteiger partial charge in [0.25, 0.3) is 0 Å². The number of amides is 2. The number of rotatable bonds is 5. The Bertz CT molecular complexity index is 499. The number of nitrogens with zero attached hydrogens (tertiary/aromatic N) is 1. The number of likely N-dealkylation sites (N-methyl/N-ethyl adjacent to an activating group) is 1. The predicted octanol–water partition coefficient (Wildman–Crippen LogP) is 0.730. The second-order valence-electron chi connectivity index (χ2n) is 4.15. The molecule has 1 rings (SSSR count). The zero-order valence-electron chi connectivity index (χ0n) is 10.8. The smallest absolute Gasteiger partial charge is 0.307 e. The summed E-state index contributed by atoms with van der Waals surface area (Å²) < 4.78 is 0. The number of anilines is 1. The van der Waals surface area contributed by atoms with Crippen molar-refractivity contribution in [3.05, 3.63) is 29.8 Å². The Morgan fingerprint density at radius 1 is 1.26 bits per heavy atom. The summed E-state index contributed by atoms with van der Waals surface area (Å²) >= 11 is 0. The highest BCUT2D eigenvalue weighted by molar-refractivity contribution is 5.95. The summed E-state index contributed by atoms with van der Waals surface area (Å²) in [4.78, 5) is 34.7. The molecule has 0 spiro atoms. The van der Waals surface area contributed by atoms with Gasteiger partial charge < -0.3 is 15.3 Å². The highest BCUT2D eigenvalue weighted by Gasteiger charge is 2.12. The van der Waals surface area contributed by atoms with Gasteiger partial charge in [-0.2, -0.15) is 0 Å². The molecule has 0 bridgehead atoms. The first-order valence-electron chi connectivity index (χ1n) is 5.71. The molecule has 0 fully saturated rings. The summed E-state index contributed by atoms with van der Waals surface area (Å²) in [5, 5.41) is 11.4. The lowest BCUT2D eigenvalue weighted by atomic mass is 10.1. The first-order valence-corrected chi connectivity index (χ1v) is 5.71. The summed E-state index contributed by atoms with van der Waals surface area (Å²) in [5.74, 6) is -1.55. The highest BCUT2D eigenvalue weighted by Crippen LogP contribution is 2.15. The molecular weight excluding hydrogens is 248 g/mol. The largest absolute Gasteiger partial charge is 0.481 e. The molecule has 6 heteroatoms. The molecule has 0 aliphatic carbocycles. The van der Waals surface area contributed by atoms with E-state index in [4.69, 9.17) is 5.11 Å². The number of para-hydroxylation sites is 1. The Labute approximate surface area is 111 Å². The zero-order valence-corrected chi connectivity index (χ0v) is 10.8. The lowest BCUT2D eigenvalue weighted by Crippen LogP contribution is -2.33. The van der Waals surface area contributed by atoms with E-state index in [0.29, 0.717) is 11.3 Å². The maximum Gasteiger partial charge on any atom is 0.307 e. The molecule has 0 heterocycles. The van der Waals surface area contributed by atoms with Crippen LogP contribution in [0.15, 0.2) is 24.3 Å². The van der Waals surface area contributed by atoms with Gasteiger partial charge in [-0.05, 0) is 11.6 Å². The molecule has 6 nitrogen and oxygen atoms in total. The molecule has 102 valence electrons. The maximum absolute atomic E-state index is 11.7. The van der Waals surface area contributed by atoms with Crippen LogP contribution in [0.5, 0.6) is 0 Å². The Morgan fingerprint density at radius 2 is 1.89 bits per heavy atom. The van der Waals surface area contributed by atoms with E-state index >= 15 is 0 Å². The minimum absolute atomic E-state index is 0.0727. The van der Waals surface area contributed by atoms with Crippen LogP contribution in [-0.2, 0) is 20.8 Å². The summed E-state index contributed by atoms with van der Waals surface area (Å²) in [6.45, 7) is 1.29. The monoisotopic (exact) mass is 264 g/mol. The van der Waals surface area contributed by atoms with Crippen LogP contribution in [0, 0.1) is 0 Å². The molecule has 2 N–H and O–H groups in total. The summed E-state index contributed by atoms with van der Waals surface area (Å²) in [6, 6.07) is 6.67. The molecular formula is C13H16N2O4. The van der Waals surface area contributed by atoms with Crippen molar-refractivity contribution in [2.75, 3.05) is 18.9 Å². The van der Waals surface area contributed by atoms with Gasteiger partial charge in [0.1, 0.15) is 0 Å². The summed E-state index contributed by atoms with van der Waals surface area (Å²) in [6.07, 6.45) is -0.168. The van der Waals surface area contributed by atoms with Gasteiger partial charge in [-0.25, -0.2) is 0 Å². The van der Waals surface area contributed by atoms with Crippen molar-refractivity contribution in [1.82, 2.24) is 4.90 Å². The number of carbonyl (C=O) groups is 3. The molecule has 2 amide bonds. The van der Waals surface area contributed by atoms with Crippen molar-refractivity contribution < 1.29 is 19.5 Å². The normalized spacial score (nSPS) is 9.79. The molecule has 0 atom stereocenters. The Hall–Kier alpha value is -2.37. The van der Waals surface area contributed by atoms with E-state index in [-0.39, 0.29) is 24.8 Å². The third-order valence-corrected chi connectivity index (χ3v) is 2.55. The van der Waals surface area contributed by atoms with Crippen molar-refractivity contribution in [2.45, 2.75) is 13.3 Å². The van der Waals surface area contributed by atoms with E-state index in [1.807, 2.05) is 0 Å². The van der Waals surface area contributed by atoms with E-state index in [1.165, 1.54) is 18.9 Å². The van der Waals surface area contributed by atoms with E-state index in [2.05, 4.69) is 5.32 Å². The van der Waals surface area contributed by atoms with Gasteiger partial charge >= 0.3 is 5.97 Å². The first-order chi connectivity index (χ1) is 8.90. The van der Waals surface area contributed by atoms with Crippen LogP contribution in [0.2, 0.25) is 0 Å². The van der Waals surface area contributed by atoms with Gasteiger partial charge in [0.05, 0.1) is 13.0 Å². The quantitative estimate of drug-likeness (QED) is 0.820. The molecule has 19 heavy (non-hydrogen) atoms. The predicted molar refractivity (Wildman–Crippen MR) is 69.7 cm³/mol. The topological polar surface area (TPSA) is 86.7 Å². The van der Waals surface area contributed by atoms with E-state index in [0.717, 1.165) is 0 Å². The maximum atomic E-state index is 11.7. The van der Waals surface area contributed by atoms with Crippen molar-refractivity contribution in [2.24, 2.45) is 0 Å². The second kappa shape index (κ2) is 6.53. The molecule has 0 radical (unpaired) electrons. The summed E-state index contributed by atoms with van der Waals surface area (Å²) in [5.41, 5.74) is 0.973.